The second-order valence-corrected chi connectivity index (χ2v) is 14.7. The van der Waals surface area contributed by atoms with E-state index >= 15 is 4.39 Å². The molecule has 0 spiro atoms. The number of nitrogens with one attached hydrogen (secondary N) is 3. The van der Waals surface area contributed by atoms with E-state index in [-0.39, 0.29) is 53.1 Å². The third-order valence-electron chi connectivity index (χ3n) is 9.75. The van der Waals surface area contributed by atoms with Crippen molar-refractivity contribution in [2.24, 2.45) is 7.05 Å². The quantitative estimate of drug-likeness (QED) is 0.196. The summed E-state index contributed by atoms with van der Waals surface area (Å²) in [6.07, 6.45) is 1.61. The van der Waals surface area contributed by atoms with E-state index in [0.29, 0.717) is 29.5 Å². The Morgan fingerprint density at radius 1 is 1.08 bits per heavy atom. The van der Waals surface area contributed by atoms with Crippen LogP contribution in [0, 0.1) is 5.82 Å². The van der Waals surface area contributed by atoms with Gasteiger partial charge in [-0.2, -0.15) is 13.5 Å². The Morgan fingerprint density at radius 2 is 1.84 bits per heavy atom. The predicted octanol–water partition coefficient (Wildman–Crippen LogP) is 1.99. The number of imide groups is 1. The first kappa shape index (κ1) is 34.2. The lowest BCUT2D eigenvalue weighted by molar-refractivity contribution is -0.134. The van der Waals surface area contributed by atoms with Crippen molar-refractivity contribution >= 4 is 61.2 Å². The average molecular weight is 722 g/mol. The molecule has 2 unspecified atom stereocenters. The fourth-order valence-electron chi connectivity index (χ4n) is 7.19. The van der Waals surface area contributed by atoms with Gasteiger partial charge in [-0.05, 0) is 60.4 Å². The standard InChI is InChI=1S/C34H36FN7O8S/c1-18(43)36-16-30(50-22-5-3-21-14-27(44)33(31(35)25(21)15-22)42-17-29(46)39-51(42,48)49)41-11-9-19(10-12-41)20-4-6-23-26(13-20)40(2)38-32(23)24-7-8-28(45)37-34(24)47/h3-6,13-15,19,24,30,44H,7-12,16-17H2,1-2H3,(H,36,43)(H,39,46)(H,37,45,47). The third-order valence-corrected chi connectivity index (χ3v) is 11.1. The smallest absolute Gasteiger partial charge is 0.326 e. The molecule has 268 valence electrons. The van der Waals surface area contributed by atoms with Crippen LogP contribution in [0.3, 0.4) is 0 Å². The van der Waals surface area contributed by atoms with Gasteiger partial charge in [-0.15, -0.1) is 0 Å². The SMILES string of the molecule is CC(=O)NCC(Oc1ccc2cc(O)c(N3CC(=O)NS3(=O)=O)c(F)c2c1)N1CCC(c2ccc3c(C4CCC(=O)NC4=O)nn(C)c3c2)CC1. The van der Waals surface area contributed by atoms with Crippen LogP contribution in [0.25, 0.3) is 21.7 Å². The molecule has 51 heavy (non-hydrogen) atoms. The number of halogens is 1. The molecule has 17 heteroatoms. The van der Waals surface area contributed by atoms with Gasteiger partial charge in [-0.3, -0.25) is 34.1 Å². The highest BCUT2D eigenvalue weighted by atomic mass is 32.2. The van der Waals surface area contributed by atoms with E-state index < -0.39 is 52.1 Å². The summed E-state index contributed by atoms with van der Waals surface area (Å²) in [7, 11) is -2.54. The molecule has 3 saturated heterocycles. The minimum absolute atomic E-state index is 0.0295. The van der Waals surface area contributed by atoms with E-state index in [2.05, 4.69) is 32.8 Å². The van der Waals surface area contributed by atoms with Crippen molar-refractivity contribution in [3.63, 3.8) is 0 Å². The van der Waals surface area contributed by atoms with Crippen molar-refractivity contribution in [2.45, 2.75) is 50.7 Å². The molecule has 7 rings (SSSR count). The van der Waals surface area contributed by atoms with Crippen molar-refractivity contribution in [3.05, 3.63) is 59.5 Å². The van der Waals surface area contributed by atoms with Crippen molar-refractivity contribution in [2.75, 3.05) is 30.5 Å². The van der Waals surface area contributed by atoms with Gasteiger partial charge in [0.2, 0.25) is 17.7 Å². The molecule has 4 heterocycles. The molecule has 3 aromatic carbocycles. The highest BCUT2D eigenvalue weighted by Gasteiger charge is 2.38. The maximum absolute atomic E-state index is 15.9. The van der Waals surface area contributed by atoms with Crippen LogP contribution in [0.2, 0.25) is 0 Å². The van der Waals surface area contributed by atoms with E-state index in [0.717, 1.165) is 29.3 Å². The zero-order valence-corrected chi connectivity index (χ0v) is 28.6. The first-order valence-corrected chi connectivity index (χ1v) is 18.0. The van der Waals surface area contributed by atoms with Gasteiger partial charge in [0.1, 0.15) is 23.7 Å². The number of phenolic OH excluding ortho intramolecular Hbond substituents is 1. The number of carbonyl (C=O) groups is 4. The topological polar surface area (TPSA) is 192 Å². The Bertz CT molecular complexity index is 2220. The second kappa shape index (κ2) is 13.1. The molecule has 1 aromatic heterocycles. The van der Waals surface area contributed by atoms with Gasteiger partial charge in [0.15, 0.2) is 12.0 Å². The number of hydrogen-bond donors (Lipinski definition) is 4. The molecule has 0 saturated carbocycles. The number of fused-ring (bicyclic) bond motifs is 2. The molecule has 3 aliphatic rings. The van der Waals surface area contributed by atoms with Crippen LogP contribution in [-0.2, 0) is 36.4 Å². The maximum atomic E-state index is 15.9. The lowest BCUT2D eigenvalue weighted by Gasteiger charge is -2.37. The summed E-state index contributed by atoms with van der Waals surface area (Å²) >= 11 is 0. The number of aryl methyl sites for hydroxylation is 1. The number of benzene rings is 3. The first-order chi connectivity index (χ1) is 24.3. The number of aromatic hydroxyl groups is 1. The summed E-state index contributed by atoms with van der Waals surface area (Å²) in [5.74, 6) is -3.41. The fraction of sp³-hybridized carbons (Fsp3) is 0.382. The number of nitrogens with zero attached hydrogens (tertiary/aromatic N) is 4. The lowest BCUT2D eigenvalue weighted by Crippen LogP contribution is -2.49. The molecule has 4 amide bonds. The molecule has 2 atom stereocenters. The van der Waals surface area contributed by atoms with Crippen molar-refractivity contribution in [1.82, 2.24) is 30.0 Å². The van der Waals surface area contributed by atoms with Gasteiger partial charge < -0.3 is 15.2 Å². The molecular formula is C34H36FN7O8S. The summed E-state index contributed by atoms with van der Waals surface area (Å²) in [6.45, 7) is 2.10. The van der Waals surface area contributed by atoms with Crippen LogP contribution >= 0.6 is 0 Å². The Morgan fingerprint density at radius 3 is 2.53 bits per heavy atom. The monoisotopic (exact) mass is 721 g/mol. The van der Waals surface area contributed by atoms with E-state index in [4.69, 9.17) is 4.74 Å². The number of rotatable bonds is 8. The average Bonchev–Trinajstić information content (AvgIpc) is 3.55. The number of anilines is 1. The van der Waals surface area contributed by atoms with Gasteiger partial charge >= 0.3 is 10.2 Å². The molecule has 0 bridgehead atoms. The van der Waals surface area contributed by atoms with Crippen molar-refractivity contribution in [3.8, 4) is 11.5 Å². The van der Waals surface area contributed by atoms with Crippen molar-refractivity contribution < 1.29 is 41.8 Å². The lowest BCUT2D eigenvalue weighted by atomic mass is 9.87. The second-order valence-electron chi connectivity index (χ2n) is 13.1. The van der Waals surface area contributed by atoms with Gasteiger partial charge in [0.05, 0.1) is 23.7 Å². The third kappa shape index (κ3) is 6.54. The minimum atomic E-state index is -4.38. The normalized spacial score (nSPS) is 20.4. The molecule has 0 aliphatic carbocycles. The number of aromatic nitrogens is 2. The van der Waals surface area contributed by atoms with Crippen molar-refractivity contribution in [1.29, 1.82) is 0 Å². The number of amides is 4. The minimum Gasteiger partial charge on any atom is -0.506 e. The first-order valence-electron chi connectivity index (χ1n) is 16.5. The zero-order chi connectivity index (χ0) is 36.2. The molecule has 15 nitrogen and oxygen atoms in total. The van der Waals surface area contributed by atoms with E-state index in [1.54, 1.807) is 15.5 Å². The van der Waals surface area contributed by atoms with Gasteiger partial charge in [0.25, 0.3) is 5.91 Å². The largest absolute Gasteiger partial charge is 0.506 e. The summed E-state index contributed by atoms with van der Waals surface area (Å²) in [6, 6.07) is 11.9. The highest BCUT2D eigenvalue weighted by molar-refractivity contribution is 7.92. The zero-order valence-electron chi connectivity index (χ0n) is 27.8. The number of carbonyl (C=O) groups excluding carboxylic acids is 4. The van der Waals surface area contributed by atoms with Crippen LogP contribution in [0.5, 0.6) is 11.5 Å². The highest BCUT2D eigenvalue weighted by Crippen LogP contribution is 2.40. The maximum Gasteiger partial charge on any atom is 0.326 e. The van der Waals surface area contributed by atoms with Crippen LogP contribution < -0.4 is 24.4 Å². The molecule has 3 fully saturated rings. The number of piperidine rings is 2. The summed E-state index contributed by atoms with van der Waals surface area (Å²) in [5.41, 5.74) is 2.03. The van der Waals surface area contributed by atoms with Crippen LogP contribution in [0.4, 0.5) is 10.1 Å². The number of phenols is 1. The summed E-state index contributed by atoms with van der Waals surface area (Å²) < 4.78 is 51.1. The Labute approximate surface area is 291 Å². The van der Waals surface area contributed by atoms with Crippen LogP contribution in [-0.4, -0.2) is 84.2 Å². The van der Waals surface area contributed by atoms with Gasteiger partial charge in [0, 0.05) is 44.3 Å². The van der Waals surface area contributed by atoms with Crippen LogP contribution in [0.1, 0.15) is 55.7 Å². The van der Waals surface area contributed by atoms with E-state index in [1.807, 2.05) is 13.1 Å². The van der Waals surface area contributed by atoms with Crippen LogP contribution in [0.15, 0.2) is 42.5 Å². The van der Waals surface area contributed by atoms with Gasteiger partial charge in [-0.25, -0.2) is 13.4 Å². The molecule has 3 aliphatic heterocycles. The summed E-state index contributed by atoms with van der Waals surface area (Å²) in [4.78, 5) is 50.0. The Hall–Kier alpha value is -5.29. The van der Waals surface area contributed by atoms with Gasteiger partial charge in [-0.1, -0.05) is 18.2 Å². The number of likely N-dealkylation sites (tertiary alicyclic amines) is 1. The number of hydrogen-bond acceptors (Lipinski definition) is 10. The Kier molecular flexibility index (Phi) is 8.79. The Balaban J connectivity index is 1.09. The molecular weight excluding hydrogens is 685 g/mol. The fourth-order valence-corrected chi connectivity index (χ4v) is 8.35. The molecule has 4 aromatic rings. The molecule has 4 N–H and O–H groups in total. The summed E-state index contributed by atoms with van der Waals surface area (Å²) in [5, 5.41) is 21.5. The van der Waals surface area contributed by atoms with E-state index in [1.165, 1.54) is 25.1 Å². The molecule has 0 radical (unpaired) electrons. The number of ether oxygens (including phenoxy) is 1. The van der Waals surface area contributed by atoms with E-state index in [9.17, 15) is 32.7 Å². The predicted molar refractivity (Wildman–Crippen MR) is 182 cm³/mol.